The van der Waals surface area contributed by atoms with Crippen molar-refractivity contribution in [3.63, 3.8) is 0 Å². The first kappa shape index (κ1) is 47.7. The largest absolute Gasteiger partial charge is 0.457 e. The molecule has 2 aromatic heterocycles. The lowest BCUT2D eigenvalue weighted by molar-refractivity contribution is 0.481. The molecule has 14 rings (SSSR count). The van der Waals surface area contributed by atoms with E-state index >= 15 is 0 Å². The first-order valence-electron chi connectivity index (χ1n) is 33.0. The lowest BCUT2D eigenvalue weighted by atomic mass is 9.55. The molecule has 0 saturated carbocycles. The fourth-order valence-corrected chi connectivity index (χ4v) is 13.9. The molecule has 3 aliphatic rings. The Balaban J connectivity index is 0.961. The molecule has 424 valence electrons. The summed E-state index contributed by atoms with van der Waals surface area (Å²) in [6, 6.07) is 69.5. The lowest BCUT2D eigenvalue weighted by Crippen LogP contribution is -2.40. The third-order valence-electron chi connectivity index (χ3n) is 18.4. The third kappa shape index (κ3) is 8.50. The maximum absolute atomic E-state index is 9.30. The zero-order valence-electron chi connectivity index (χ0n) is 57.0. The van der Waals surface area contributed by atoms with E-state index in [4.69, 9.17) is 9.72 Å². The van der Waals surface area contributed by atoms with Crippen LogP contribution in [0.15, 0.2) is 206 Å². The second-order valence-corrected chi connectivity index (χ2v) is 28.1. The van der Waals surface area contributed by atoms with Crippen molar-refractivity contribution >= 4 is 44.6 Å². The van der Waals surface area contributed by atoms with Crippen molar-refractivity contribution in [2.24, 2.45) is 0 Å². The van der Waals surface area contributed by atoms with E-state index in [9.17, 15) is 8.22 Å². The maximum atomic E-state index is 9.30. The molecule has 0 amide bonds. The van der Waals surface area contributed by atoms with E-state index in [2.05, 4.69) is 243 Å². The summed E-state index contributed by atoms with van der Waals surface area (Å²) in [7, 11) is 0. The van der Waals surface area contributed by atoms with E-state index in [0.717, 1.165) is 78.2 Å². The summed E-state index contributed by atoms with van der Waals surface area (Å²) in [5.74, 6) is 1.92. The topological polar surface area (TPSA) is 33.5 Å². The Morgan fingerprint density at radius 1 is 0.424 bits per heavy atom. The number of hydrogen-bond acceptors (Lipinski definition) is 4. The minimum Gasteiger partial charge on any atom is -0.457 e. The van der Waals surface area contributed by atoms with E-state index in [-0.39, 0.29) is 32.8 Å². The Labute approximate surface area is 512 Å². The highest BCUT2D eigenvalue weighted by atomic mass is 16.5. The van der Waals surface area contributed by atoms with Crippen molar-refractivity contribution in [3.05, 3.63) is 262 Å². The average molecular weight is 1120 g/mol. The second kappa shape index (κ2) is 18.9. The number of benzene rings is 9. The van der Waals surface area contributed by atoms with E-state index < -0.39 is 24.5 Å². The van der Waals surface area contributed by atoms with Gasteiger partial charge < -0.3 is 14.5 Å². The van der Waals surface area contributed by atoms with Gasteiger partial charge in [-0.1, -0.05) is 224 Å². The molecule has 85 heavy (non-hydrogen) atoms. The van der Waals surface area contributed by atoms with Gasteiger partial charge in [-0.05, 0) is 149 Å². The molecule has 0 N–H and O–H groups in total. The number of anilines is 4. The number of hydrogen-bond donors (Lipinski definition) is 0. The predicted molar refractivity (Wildman–Crippen MR) is 357 cm³/mol. The Bertz CT molecular complexity index is 4660. The van der Waals surface area contributed by atoms with Crippen LogP contribution < -0.4 is 14.5 Å². The van der Waals surface area contributed by atoms with Crippen molar-refractivity contribution in [1.82, 2.24) is 9.55 Å². The van der Waals surface area contributed by atoms with Gasteiger partial charge in [0, 0.05) is 59.6 Å². The summed E-state index contributed by atoms with van der Waals surface area (Å²) in [5.41, 5.74) is 15.1. The quantitative estimate of drug-likeness (QED) is 0.159. The van der Waals surface area contributed by atoms with E-state index in [1.807, 2.05) is 36.5 Å². The summed E-state index contributed by atoms with van der Waals surface area (Å²) >= 11 is 0. The third-order valence-corrected chi connectivity index (χ3v) is 18.4. The molecular weight excluding hydrogens is 1030 g/mol. The molecule has 0 radical (unpaired) electrons. The zero-order chi connectivity index (χ0) is 64.3. The van der Waals surface area contributed by atoms with Crippen LogP contribution >= 0.6 is 0 Å². The maximum Gasteiger partial charge on any atom is 0.137 e. The minimum absolute atomic E-state index is 0.103. The average Bonchev–Trinajstić information content (AvgIpc) is 1.58. The monoisotopic (exact) mass is 1120 g/mol. The molecule has 0 bridgehead atoms. The van der Waals surface area contributed by atoms with Crippen LogP contribution in [-0.2, 0) is 32.5 Å². The molecule has 0 saturated heterocycles. The fourth-order valence-electron chi connectivity index (χ4n) is 13.9. The highest BCUT2D eigenvalue weighted by molar-refractivity contribution is 6.18. The van der Waals surface area contributed by atoms with Gasteiger partial charge in [-0.2, -0.15) is 0 Å². The van der Waals surface area contributed by atoms with Crippen molar-refractivity contribution in [1.29, 1.82) is 0 Å². The van der Waals surface area contributed by atoms with Crippen molar-refractivity contribution < 1.29 is 13.0 Å². The first-order valence-corrected chi connectivity index (χ1v) is 30.0. The zero-order valence-corrected chi connectivity index (χ0v) is 51.0. The van der Waals surface area contributed by atoms with Crippen LogP contribution in [0.4, 0.5) is 22.7 Å². The van der Waals surface area contributed by atoms with Gasteiger partial charge >= 0.3 is 0 Å². The molecule has 5 heteroatoms. The van der Waals surface area contributed by atoms with Gasteiger partial charge in [-0.15, -0.1) is 0 Å². The van der Waals surface area contributed by atoms with Gasteiger partial charge in [-0.25, -0.2) is 4.98 Å². The first-order chi connectivity index (χ1) is 42.9. The SMILES string of the molecule is [2H]C([2H])([2H])C1(C([2H])([2H])[2H])c2ccccc2C2(c3ccccc31)c1cccc3c1c1c2cc(Oc2cccc(N4CN(c5c(-c6ccccc6)cc(C(C)(C)C)cc5-c5cc(C(C)(C)C)cc(C(C)(C)C)c5)c5ccccc54)c2)cc1n3-c1cc(C(C)(C)C)ccn1. The Morgan fingerprint density at radius 3 is 1.59 bits per heavy atom. The van der Waals surface area contributed by atoms with Gasteiger partial charge in [0.15, 0.2) is 0 Å². The van der Waals surface area contributed by atoms with Gasteiger partial charge in [0.1, 0.15) is 24.0 Å². The van der Waals surface area contributed by atoms with Crippen LogP contribution in [0, 0.1) is 0 Å². The van der Waals surface area contributed by atoms with Crippen LogP contribution in [0.5, 0.6) is 11.5 Å². The van der Waals surface area contributed by atoms with Crippen LogP contribution in [0.1, 0.15) is 161 Å². The number of rotatable bonds is 7. The van der Waals surface area contributed by atoms with E-state index in [0.29, 0.717) is 29.3 Å². The standard InChI is InChI=1S/C80H78N4O/c1-75(2,3)52-38-39-81-71(45-52)84-69-37-25-34-65-72(69)73-66(80(65)63-32-20-18-30-61(63)79(13,14)62-31-19-21-33-64(62)80)47-58(48-70(73)84)85-57-29-24-28-56(46-57)82-49-83(68-36-23-22-35-67(68)82)74-59(50-26-16-15-17-27-50)43-55(78(10,11)12)44-60(74)51-40-53(76(4,5)6)42-54(41-51)77(7,8)9/h15-48H,49H2,1-14H3/i13D3,14D3. The molecule has 2 aliphatic carbocycles. The highest BCUT2D eigenvalue weighted by Crippen LogP contribution is 2.63. The summed E-state index contributed by atoms with van der Waals surface area (Å²) < 4.78 is 65.4. The number of fused-ring (bicyclic) bond motifs is 7. The van der Waals surface area contributed by atoms with Crippen LogP contribution in [-0.4, -0.2) is 16.2 Å². The normalized spacial score (nSPS) is 16.4. The summed E-state index contributed by atoms with van der Waals surface area (Å²) in [6.07, 6.45) is 1.88. The summed E-state index contributed by atoms with van der Waals surface area (Å²) in [4.78, 5) is 9.97. The molecular formula is C80H78N4O. The molecule has 1 spiro atoms. The number of pyridine rings is 1. The fraction of sp³-hybridized carbons (Fsp3) is 0.263. The second-order valence-electron chi connectivity index (χ2n) is 28.1. The van der Waals surface area contributed by atoms with E-state index in [1.54, 1.807) is 24.3 Å². The Hall–Kier alpha value is -8.67. The van der Waals surface area contributed by atoms with E-state index in [1.165, 1.54) is 27.8 Å². The molecule has 0 fully saturated rings. The van der Waals surface area contributed by atoms with Gasteiger partial charge in [0.05, 0.1) is 33.5 Å². The Kier molecular flexibility index (Phi) is 10.6. The molecule has 5 nitrogen and oxygen atoms in total. The molecule has 3 heterocycles. The van der Waals surface area contributed by atoms with Crippen LogP contribution in [0.3, 0.4) is 0 Å². The molecule has 0 unspecified atom stereocenters. The number of nitrogens with zero attached hydrogens (tertiary/aromatic N) is 4. The van der Waals surface area contributed by atoms with Crippen molar-refractivity contribution in [3.8, 4) is 39.6 Å². The molecule has 0 atom stereocenters. The smallest absolute Gasteiger partial charge is 0.137 e. The highest BCUT2D eigenvalue weighted by Gasteiger charge is 2.53. The number of ether oxygens (including phenoxy) is 1. The van der Waals surface area contributed by atoms with Gasteiger partial charge in [0.25, 0.3) is 0 Å². The number of aromatic nitrogens is 2. The summed E-state index contributed by atoms with van der Waals surface area (Å²) in [5, 5.41) is 1.96. The molecule has 1 aliphatic heterocycles. The molecule has 9 aromatic carbocycles. The predicted octanol–water partition coefficient (Wildman–Crippen LogP) is 21.1. The summed E-state index contributed by atoms with van der Waals surface area (Å²) in [6.45, 7) is 21.9. The molecule has 11 aromatic rings. The number of para-hydroxylation sites is 2. The minimum atomic E-state index is -2.97. The van der Waals surface area contributed by atoms with Gasteiger partial charge in [-0.3, -0.25) is 4.57 Å². The van der Waals surface area contributed by atoms with Crippen molar-refractivity contribution in [2.75, 3.05) is 16.5 Å². The van der Waals surface area contributed by atoms with Crippen molar-refractivity contribution in [2.45, 2.75) is 129 Å². The van der Waals surface area contributed by atoms with Gasteiger partial charge in [0.2, 0.25) is 0 Å². The Morgan fingerprint density at radius 2 is 0.965 bits per heavy atom. The van der Waals surface area contributed by atoms with Crippen LogP contribution in [0.2, 0.25) is 0 Å². The lowest BCUT2D eigenvalue weighted by Gasteiger charge is -2.47. The van der Waals surface area contributed by atoms with Crippen LogP contribution in [0.25, 0.3) is 49.9 Å².